The molecule has 2 N–H and O–H groups in total. The molecule has 0 saturated carbocycles. The van der Waals surface area contributed by atoms with Crippen molar-refractivity contribution >= 4 is 45.8 Å². The van der Waals surface area contributed by atoms with Crippen molar-refractivity contribution in [2.45, 2.75) is 13.5 Å². The van der Waals surface area contributed by atoms with E-state index in [1.54, 1.807) is 12.1 Å². The normalized spacial score (nSPS) is 10.0. The molecule has 0 aliphatic rings. The highest BCUT2D eigenvalue weighted by molar-refractivity contribution is 14.1. The molecule has 0 fully saturated rings. The maximum atomic E-state index is 12.0. The number of hydrogen-bond acceptors (Lipinski definition) is 2. The van der Waals surface area contributed by atoms with Gasteiger partial charge in [0, 0.05) is 15.7 Å². The highest BCUT2D eigenvalue weighted by atomic mass is 127. The minimum Gasteiger partial charge on any atom is -0.358 e. The predicted octanol–water partition coefficient (Wildman–Crippen LogP) is 3.40. The molecule has 0 heterocycles. The molecule has 0 aliphatic heterocycles. The number of rotatable bonds is 3. The molecule has 0 spiro atoms. The molecule has 0 aromatic heterocycles. The Labute approximate surface area is 143 Å². The van der Waals surface area contributed by atoms with Gasteiger partial charge in [0.25, 0.3) is 5.91 Å². The molecule has 2 aromatic carbocycles. The second kappa shape index (κ2) is 7.51. The van der Waals surface area contributed by atoms with E-state index in [0.717, 1.165) is 11.1 Å². The van der Waals surface area contributed by atoms with Crippen molar-refractivity contribution < 1.29 is 4.79 Å². The highest BCUT2D eigenvalue weighted by Crippen LogP contribution is 2.07. The third-order valence-corrected chi connectivity index (χ3v) is 3.80. The van der Waals surface area contributed by atoms with Crippen molar-refractivity contribution in [1.82, 2.24) is 10.6 Å². The van der Waals surface area contributed by atoms with Gasteiger partial charge in [0.2, 0.25) is 0 Å². The molecular formula is C16H15IN2OS. The minimum absolute atomic E-state index is 0.199. The summed E-state index contributed by atoms with van der Waals surface area (Å²) in [6.45, 7) is 2.57. The molecule has 5 heteroatoms. The van der Waals surface area contributed by atoms with Gasteiger partial charge in [0.05, 0.1) is 0 Å². The van der Waals surface area contributed by atoms with E-state index in [4.69, 9.17) is 12.2 Å². The standard InChI is InChI=1S/C16H15IN2OS/c1-11-5-7-13(8-6-11)15(20)19-16(21)18-10-12-3-2-4-14(17)9-12/h2-9H,10H2,1H3,(H2,18,19,20,21). The van der Waals surface area contributed by atoms with E-state index in [9.17, 15) is 4.79 Å². The first-order valence-electron chi connectivity index (χ1n) is 6.45. The summed E-state index contributed by atoms with van der Waals surface area (Å²) < 4.78 is 1.17. The molecule has 0 radical (unpaired) electrons. The lowest BCUT2D eigenvalue weighted by Gasteiger charge is -2.10. The van der Waals surface area contributed by atoms with Crippen LogP contribution in [0.4, 0.5) is 0 Å². The number of hydrogen-bond donors (Lipinski definition) is 2. The third-order valence-electron chi connectivity index (χ3n) is 2.88. The minimum atomic E-state index is -0.199. The number of halogens is 1. The Kier molecular flexibility index (Phi) is 5.69. The first kappa shape index (κ1) is 15.9. The van der Waals surface area contributed by atoms with Gasteiger partial charge in [0.1, 0.15) is 0 Å². The summed E-state index contributed by atoms with van der Waals surface area (Å²) in [5.41, 5.74) is 2.83. The molecule has 0 saturated heterocycles. The average Bonchev–Trinajstić information content (AvgIpc) is 2.46. The highest BCUT2D eigenvalue weighted by Gasteiger charge is 2.07. The van der Waals surface area contributed by atoms with Crippen molar-refractivity contribution in [3.05, 3.63) is 68.8 Å². The zero-order valence-corrected chi connectivity index (χ0v) is 14.5. The Bertz CT molecular complexity index is 656. The molecule has 3 nitrogen and oxygen atoms in total. The van der Waals surface area contributed by atoms with E-state index in [-0.39, 0.29) is 5.91 Å². The first-order valence-corrected chi connectivity index (χ1v) is 7.93. The van der Waals surface area contributed by atoms with Crippen LogP contribution < -0.4 is 10.6 Å². The van der Waals surface area contributed by atoms with Crippen LogP contribution in [0, 0.1) is 10.5 Å². The van der Waals surface area contributed by atoms with Crippen molar-refractivity contribution in [2.75, 3.05) is 0 Å². The van der Waals surface area contributed by atoms with E-state index in [0.29, 0.717) is 17.2 Å². The van der Waals surface area contributed by atoms with Gasteiger partial charge in [-0.25, -0.2) is 0 Å². The largest absolute Gasteiger partial charge is 0.358 e. The van der Waals surface area contributed by atoms with Crippen molar-refractivity contribution in [1.29, 1.82) is 0 Å². The van der Waals surface area contributed by atoms with Gasteiger partial charge in [0.15, 0.2) is 5.11 Å². The van der Waals surface area contributed by atoms with E-state index in [2.05, 4.69) is 39.3 Å². The summed E-state index contributed by atoms with van der Waals surface area (Å²) >= 11 is 7.41. The lowest BCUT2D eigenvalue weighted by molar-refractivity contribution is 0.0976. The fraction of sp³-hybridized carbons (Fsp3) is 0.125. The van der Waals surface area contributed by atoms with Crippen LogP contribution >= 0.6 is 34.8 Å². The first-order chi connectivity index (χ1) is 10.0. The maximum Gasteiger partial charge on any atom is 0.257 e. The quantitative estimate of drug-likeness (QED) is 0.602. The van der Waals surface area contributed by atoms with E-state index in [1.165, 1.54) is 3.57 Å². The smallest absolute Gasteiger partial charge is 0.257 e. The maximum absolute atomic E-state index is 12.0. The van der Waals surface area contributed by atoms with E-state index < -0.39 is 0 Å². The number of amides is 1. The lowest BCUT2D eigenvalue weighted by atomic mass is 10.1. The fourth-order valence-corrected chi connectivity index (χ4v) is 2.53. The van der Waals surface area contributed by atoms with Crippen molar-refractivity contribution in [2.24, 2.45) is 0 Å². The summed E-state index contributed by atoms with van der Waals surface area (Å²) in [7, 11) is 0. The molecule has 0 aliphatic carbocycles. The van der Waals surface area contributed by atoms with Crippen LogP contribution in [-0.2, 0) is 6.54 Å². The summed E-state index contributed by atoms with van der Waals surface area (Å²) in [5.74, 6) is -0.199. The Morgan fingerprint density at radius 2 is 1.90 bits per heavy atom. The SMILES string of the molecule is Cc1ccc(C(=O)NC(=S)NCc2cccc(I)c2)cc1. The Hall–Kier alpha value is -1.47. The van der Waals surface area contributed by atoms with Crippen molar-refractivity contribution in [3.8, 4) is 0 Å². The molecule has 2 rings (SSSR count). The molecule has 0 unspecified atom stereocenters. The van der Waals surface area contributed by atoms with Gasteiger partial charge >= 0.3 is 0 Å². The van der Waals surface area contributed by atoms with Crippen molar-refractivity contribution in [3.63, 3.8) is 0 Å². The van der Waals surface area contributed by atoms with Crippen LogP contribution in [-0.4, -0.2) is 11.0 Å². The molecule has 108 valence electrons. The van der Waals surface area contributed by atoms with Crippen LogP contribution in [0.1, 0.15) is 21.5 Å². The summed E-state index contributed by atoms with van der Waals surface area (Å²) in [6, 6.07) is 15.5. The number of carbonyl (C=O) groups is 1. The molecular weight excluding hydrogens is 395 g/mol. The summed E-state index contributed by atoms with van der Waals surface area (Å²) in [5, 5.41) is 6.05. The van der Waals surface area contributed by atoms with E-state index >= 15 is 0 Å². The van der Waals surface area contributed by atoms with Crippen LogP contribution in [0.25, 0.3) is 0 Å². The number of benzene rings is 2. The average molecular weight is 410 g/mol. The second-order valence-corrected chi connectivity index (χ2v) is 6.29. The fourth-order valence-electron chi connectivity index (χ4n) is 1.75. The molecule has 0 atom stereocenters. The van der Waals surface area contributed by atoms with Crippen LogP contribution in [0.2, 0.25) is 0 Å². The number of nitrogens with one attached hydrogen (secondary N) is 2. The van der Waals surface area contributed by atoms with E-state index in [1.807, 2.05) is 37.3 Å². The van der Waals surface area contributed by atoms with Gasteiger partial charge in [-0.2, -0.15) is 0 Å². The number of aryl methyl sites for hydroxylation is 1. The monoisotopic (exact) mass is 410 g/mol. The summed E-state index contributed by atoms with van der Waals surface area (Å²) in [4.78, 5) is 12.0. The third kappa shape index (κ3) is 5.09. The van der Waals surface area contributed by atoms with Crippen LogP contribution in [0.3, 0.4) is 0 Å². The van der Waals surface area contributed by atoms with Gasteiger partial charge in [-0.3, -0.25) is 10.1 Å². The Balaban J connectivity index is 1.87. The zero-order chi connectivity index (χ0) is 15.2. The second-order valence-electron chi connectivity index (χ2n) is 4.63. The molecule has 0 bridgehead atoms. The Morgan fingerprint density at radius 3 is 2.57 bits per heavy atom. The van der Waals surface area contributed by atoms with Crippen LogP contribution in [0.5, 0.6) is 0 Å². The number of carbonyl (C=O) groups excluding carboxylic acids is 1. The summed E-state index contributed by atoms with van der Waals surface area (Å²) in [6.07, 6.45) is 0. The van der Waals surface area contributed by atoms with Gasteiger partial charge in [-0.15, -0.1) is 0 Å². The predicted molar refractivity (Wildman–Crippen MR) is 97.2 cm³/mol. The van der Waals surface area contributed by atoms with Gasteiger partial charge in [-0.05, 0) is 71.6 Å². The lowest BCUT2D eigenvalue weighted by Crippen LogP contribution is -2.38. The topological polar surface area (TPSA) is 41.1 Å². The van der Waals surface area contributed by atoms with Gasteiger partial charge in [-0.1, -0.05) is 29.8 Å². The van der Waals surface area contributed by atoms with Gasteiger partial charge < -0.3 is 5.32 Å². The molecule has 21 heavy (non-hydrogen) atoms. The van der Waals surface area contributed by atoms with Crippen LogP contribution in [0.15, 0.2) is 48.5 Å². The molecule has 2 aromatic rings. The zero-order valence-electron chi connectivity index (χ0n) is 11.5. The Morgan fingerprint density at radius 1 is 1.19 bits per heavy atom. The number of thiocarbonyl (C=S) groups is 1. The molecule has 1 amide bonds.